The van der Waals surface area contributed by atoms with E-state index in [9.17, 15) is 9.18 Å². The van der Waals surface area contributed by atoms with Crippen LogP contribution in [0.5, 0.6) is 5.75 Å². The summed E-state index contributed by atoms with van der Waals surface area (Å²) in [6.45, 7) is 1.34. The van der Waals surface area contributed by atoms with Crippen LogP contribution in [0.3, 0.4) is 0 Å². The number of carbonyl (C=O) groups is 1. The molecule has 0 aliphatic carbocycles. The number of hydrogen-bond acceptors (Lipinski definition) is 3. The molecule has 92 valence electrons. The van der Waals surface area contributed by atoms with Crippen molar-refractivity contribution in [3.8, 4) is 16.9 Å². The van der Waals surface area contributed by atoms with Gasteiger partial charge in [-0.2, -0.15) is 0 Å². The summed E-state index contributed by atoms with van der Waals surface area (Å²) < 4.78 is 18.9. The molecule has 0 unspecified atom stereocenters. The van der Waals surface area contributed by atoms with Gasteiger partial charge in [0.05, 0.1) is 12.7 Å². The number of benzene rings is 1. The molecule has 0 atom stereocenters. The Morgan fingerprint density at radius 1 is 1.33 bits per heavy atom. The SMILES string of the molecule is COc1ccncc1-c1ccc(C(C)=O)c(F)c1. The third-order valence-corrected chi connectivity index (χ3v) is 2.66. The zero-order chi connectivity index (χ0) is 13.1. The molecule has 0 saturated heterocycles. The molecule has 1 heterocycles. The van der Waals surface area contributed by atoms with Crippen molar-refractivity contribution in [2.45, 2.75) is 6.92 Å². The molecule has 0 saturated carbocycles. The third-order valence-electron chi connectivity index (χ3n) is 2.66. The minimum absolute atomic E-state index is 0.0848. The Hall–Kier alpha value is -2.23. The van der Waals surface area contributed by atoms with Gasteiger partial charge in [0.1, 0.15) is 11.6 Å². The van der Waals surface area contributed by atoms with Crippen molar-refractivity contribution in [2.75, 3.05) is 7.11 Å². The molecule has 0 amide bonds. The van der Waals surface area contributed by atoms with Gasteiger partial charge in [-0.1, -0.05) is 6.07 Å². The third kappa shape index (κ3) is 2.22. The molecule has 1 aromatic heterocycles. The van der Waals surface area contributed by atoms with Crippen LogP contribution >= 0.6 is 0 Å². The van der Waals surface area contributed by atoms with Crippen LogP contribution in [0, 0.1) is 5.82 Å². The van der Waals surface area contributed by atoms with Gasteiger partial charge >= 0.3 is 0 Å². The summed E-state index contributed by atoms with van der Waals surface area (Å²) in [5.41, 5.74) is 1.40. The smallest absolute Gasteiger partial charge is 0.162 e. The van der Waals surface area contributed by atoms with Gasteiger partial charge in [-0.15, -0.1) is 0 Å². The highest BCUT2D eigenvalue weighted by atomic mass is 19.1. The molecule has 3 nitrogen and oxygen atoms in total. The van der Waals surface area contributed by atoms with Crippen LogP contribution in [-0.4, -0.2) is 17.9 Å². The summed E-state index contributed by atoms with van der Waals surface area (Å²) in [5, 5.41) is 0. The molecule has 4 heteroatoms. The summed E-state index contributed by atoms with van der Waals surface area (Å²) in [6.07, 6.45) is 3.20. The average molecular weight is 245 g/mol. The monoisotopic (exact) mass is 245 g/mol. The number of hydrogen-bond donors (Lipinski definition) is 0. The summed E-state index contributed by atoms with van der Waals surface area (Å²) in [4.78, 5) is 15.1. The molecule has 0 aliphatic heterocycles. The second kappa shape index (κ2) is 4.96. The normalized spacial score (nSPS) is 10.2. The van der Waals surface area contributed by atoms with Gasteiger partial charge in [0.15, 0.2) is 5.78 Å². The van der Waals surface area contributed by atoms with Crippen molar-refractivity contribution in [1.82, 2.24) is 4.98 Å². The quantitative estimate of drug-likeness (QED) is 0.780. The van der Waals surface area contributed by atoms with E-state index in [2.05, 4.69) is 4.98 Å². The predicted molar refractivity (Wildman–Crippen MR) is 66.2 cm³/mol. The number of ether oxygens (including phenoxy) is 1. The first-order valence-corrected chi connectivity index (χ1v) is 5.42. The number of aromatic nitrogens is 1. The molecule has 0 fully saturated rings. The van der Waals surface area contributed by atoms with E-state index < -0.39 is 5.82 Å². The molecule has 0 N–H and O–H groups in total. The lowest BCUT2D eigenvalue weighted by atomic mass is 10.0. The number of Topliss-reactive ketones (excluding diaryl/α,β-unsaturated/α-hetero) is 1. The van der Waals surface area contributed by atoms with Crippen molar-refractivity contribution in [3.63, 3.8) is 0 Å². The fourth-order valence-electron chi connectivity index (χ4n) is 1.74. The van der Waals surface area contributed by atoms with Crippen molar-refractivity contribution in [2.24, 2.45) is 0 Å². The van der Waals surface area contributed by atoms with E-state index in [1.54, 1.807) is 31.6 Å². The van der Waals surface area contributed by atoms with Gasteiger partial charge in [-0.3, -0.25) is 9.78 Å². The Labute approximate surface area is 104 Å². The Balaban J connectivity index is 2.52. The highest BCUT2D eigenvalue weighted by molar-refractivity contribution is 5.94. The Kier molecular flexibility index (Phi) is 3.37. The number of methoxy groups -OCH3 is 1. The molecule has 0 bridgehead atoms. The average Bonchev–Trinajstić information content (AvgIpc) is 2.38. The lowest BCUT2D eigenvalue weighted by Crippen LogP contribution is -1.97. The Morgan fingerprint density at radius 3 is 2.72 bits per heavy atom. The lowest BCUT2D eigenvalue weighted by molar-refractivity contribution is 0.101. The van der Waals surface area contributed by atoms with E-state index in [0.29, 0.717) is 16.9 Å². The largest absolute Gasteiger partial charge is 0.496 e. The lowest BCUT2D eigenvalue weighted by Gasteiger charge is -2.08. The highest BCUT2D eigenvalue weighted by Crippen LogP contribution is 2.29. The van der Waals surface area contributed by atoms with Crippen molar-refractivity contribution >= 4 is 5.78 Å². The standard InChI is InChI=1S/C14H12FNO2/c1-9(17)11-4-3-10(7-13(11)15)12-8-16-6-5-14(12)18-2/h3-8H,1-2H3. The van der Waals surface area contributed by atoms with E-state index >= 15 is 0 Å². The van der Waals surface area contributed by atoms with Gasteiger partial charge in [0, 0.05) is 18.0 Å². The van der Waals surface area contributed by atoms with Gasteiger partial charge < -0.3 is 4.74 Å². The first-order chi connectivity index (χ1) is 8.63. The number of halogens is 1. The van der Waals surface area contributed by atoms with Gasteiger partial charge in [0.2, 0.25) is 0 Å². The van der Waals surface area contributed by atoms with Gasteiger partial charge in [-0.05, 0) is 30.7 Å². The molecule has 0 aliphatic rings. The first-order valence-electron chi connectivity index (χ1n) is 5.42. The maximum atomic E-state index is 13.7. The summed E-state index contributed by atoms with van der Waals surface area (Å²) in [5.74, 6) is -0.219. The summed E-state index contributed by atoms with van der Waals surface area (Å²) in [7, 11) is 1.54. The molecular formula is C14H12FNO2. The van der Waals surface area contributed by atoms with Crippen LogP contribution in [0.15, 0.2) is 36.7 Å². The minimum atomic E-state index is -0.536. The van der Waals surface area contributed by atoms with Crippen LogP contribution in [-0.2, 0) is 0 Å². The van der Waals surface area contributed by atoms with Crippen LogP contribution < -0.4 is 4.74 Å². The maximum Gasteiger partial charge on any atom is 0.162 e. The van der Waals surface area contributed by atoms with Gasteiger partial charge in [-0.25, -0.2) is 4.39 Å². The van der Waals surface area contributed by atoms with Gasteiger partial charge in [0.25, 0.3) is 0 Å². The minimum Gasteiger partial charge on any atom is -0.496 e. The van der Waals surface area contributed by atoms with E-state index in [1.807, 2.05) is 0 Å². The molecule has 2 rings (SSSR count). The Bertz CT molecular complexity index is 596. The molecule has 0 radical (unpaired) electrons. The highest BCUT2D eigenvalue weighted by Gasteiger charge is 2.11. The second-order valence-electron chi connectivity index (χ2n) is 3.83. The fourth-order valence-corrected chi connectivity index (χ4v) is 1.74. The fraction of sp³-hybridized carbons (Fsp3) is 0.143. The molecular weight excluding hydrogens is 233 g/mol. The van der Waals surface area contributed by atoms with Crippen molar-refractivity contribution < 1.29 is 13.9 Å². The number of pyridine rings is 1. The van der Waals surface area contributed by atoms with Crippen LogP contribution in [0.2, 0.25) is 0 Å². The summed E-state index contributed by atoms with van der Waals surface area (Å²) >= 11 is 0. The predicted octanol–water partition coefficient (Wildman–Crippen LogP) is 3.10. The van der Waals surface area contributed by atoms with Crippen molar-refractivity contribution in [1.29, 1.82) is 0 Å². The zero-order valence-corrected chi connectivity index (χ0v) is 10.1. The van der Waals surface area contributed by atoms with E-state index in [-0.39, 0.29) is 11.3 Å². The molecule has 2 aromatic rings. The van der Waals surface area contributed by atoms with Crippen LogP contribution in [0.1, 0.15) is 17.3 Å². The number of rotatable bonds is 3. The zero-order valence-electron chi connectivity index (χ0n) is 10.1. The maximum absolute atomic E-state index is 13.7. The Morgan fingerprint density at radius 2 is 2.11 bits per heavy atom. The molecule has 1 aromatic carbocycles. The summed E-state index contributed by atoms with van der Waals surface area (Å²) in [6, 6.07) is 6.17. The molecule has 18 heavy (non-hydrogen) atoms. The number of ketones is 1. The first kappa shape index (κ1) is 12.2. The van der Waals surface area contributed by atoms with Crippen molar-refractivity contribution in [3.05, 3.63) is 48.0 Å². The van der Waals surface area contributed by atoms with Crippen LogP contribution in [0.4, 0.5) is 4.39 Å². The van der Waals surface area contributed by atoms with Crippen LogP contribution in [0.25, 0.3) is 11.1 Å². The van der Waals surface area contributed by atoms with E-state index in [0.717, 1.165) is 0 Å². The van der Waals surface area contributed by atoms with E-state index in [4.69, 9.17) is 4.74 Å². The molecule has 0 spiro atoms. The topological polar surface area (TPSA) is 39.2 Å². The second-order valence-corrected chi connectivity index (χ2v) is 3.83. The number of carbonyl (C=O) groups excluding carboxylic acids is 1. The number of nitrogens with zero attached hydrogens (tertiary/aromatic N) is 1. The van der Waals surface area contributed by atoms with E-state index in [1.165, 1.54) is 19.1 Å².